The summed E-state index contributed by atoms with van der Waals surface area (Å²) in [6.45, 7) is 5.56. The normalized spacial score (nSPS) is 11.4. The van der Waals surface area contributed by atoms with Gasteiger partial charge in [-0.1, -0.05) is 0 Å². The molecule has 0 fully saturated rings. The Hall–Kier alpha value is -1.41. The van der Waals surface area contributed by atoms with Crippen LogP contribution in [-0.4, -0.2) is 21.3 Å². The van der Waals surface area contributed by atoms with Gasteiger partial charge in [-0.05, 0) is 33.2 Å². The molecule has 1 aromatic rings. The van der Waals surface area contributed by atoms with Gasteiger partial charge in [-0.2, -0.15) is 5.26 Å². The summed E-state index contributed by atoms with van der Waals surface area (Å²) < 4.78 is 1.90. The molecule has 0 unspecified atom stereocenters. The van der Waals surface area contributed by atoms with E-state index in [0.29, 0.717) is 0 Å². The van der Waals surface area contributed by atoms with Gasteiger partial charge in [-0.15, -0.1) is 10.2 Å². The highest BCUT2D eigenvalue weighted by Gasteiger charge is 2.15. The third kappa shape index (κ3) is 3.99. The van der Waals surface area contributed by atoms with Gasteiger partial charge in [0.1, 0.15) is 12.2 Å². The van der Waals surface area contributed by atoms with E-state index in [0.717, 1.165) is 31.8 Å². The molecular formula is C11H19N5. The van der Waals surface area contributed by atoms with Crippen LogP contribution in [0.4, 0.5) is 0 Å². The molecular weight excluding hydrogens is 202 g/mol. The maximum absolute atomic E-state index is 8.85. The van der Waals surface area contributed by atoms with Crippen molar-refractivity contribution in [2.75, 3.05) is 6.54 Å². The molecule has 0 atom stereocenters. The van der Waals surface area contributed by atoms with E-state index in [1.54, 1.807) is 6.33 Å². The number of hydrogen-bond acceptors (Lipinski definition) is 4. The van der Waals surface area contributed by atoms with Gasteiger partial charge in [-0.3, -0.25) is 0 Å². The highest BCUT2D eigenvalue weighted by atomic mass is 15.3. The van der Waals surface area contributed by atoms with E-state index < -0.39 is 0 Å². The Balaban J connectivity index is 2.14. The van der Waals surface area contributed by atoms with Gasteiger partial charge in [0.25, 0.3) is 0 Å². The van der Waals surface area contributed by atoms with Crippen molar-refractivity contribution in [3.05, 3.63) is 12.2 Å². The number of hydrogen-bond donors (Lipinski definition) is 1. The van der Waals surface area contributed by atoms with E-state index in [2.05, 4.69) is 21.6 Å². The van der Waals surface area contributed by atoms with Crippen molar-refractivity contribution >= 4 is 0 Å². The number of nitriles is 1. The minimum absolute atomic E-state index is 0.216. The highest BCUT2D eigenvalue weighted by Crippen LogP contribution is 2.19. The number of nitrogens with one attached hydrogen (secondary N) is 1. The zero-order valence-corrected chi connectivity index (χ0v) is 10.2. The lowest BCUT2D eigenvalue weighted by Gasteiger charge is -2.14. The zero-order valence-electron chi connectivity index (χ0n) is 10.2. The Morgan fingerprint density at radius 3 is 2.88 bits per heavy atom. The molecule has 1 rings (SSSR count). The zero-order chi connectivity index (χ0) is 12.0. The number of aryl methyl sites for hydroxylation is 1. The van der Waals surface area contributed by atoms with Gasteiger partial charge in [0.05, 0.1) is 18.0 Å². The molecule has 1 N–H and O–H groups in total. The van der Waals surface area contributed by atoms with Crippen LogP contribution in [0.5, 0.6) is 0 Å². The van der Waals surface area contributed by atoms with Crippen LogP contribution in [0.3, 0.4) is 0 Å². The Morgan fingerprint density at radius 2 is 2.31 bits per heavy atom. The fraction of sp³-hybridized carbons (Fsp3) is 0.727. The lowest BCUT2D eigenvalue weighted by Crippen LogP contribution is -2.19. The van der Waals surface area contributed by atoms with Crippen molar-refractivity contribution in [1.29, 1.82) is 5.26 Å². The first-order valence-corrected chi connectivity index (χ1v) is 5.50. The van der Waals surface area contributed by atoms with Crippen LogP contribution in [0.1, 0.15) is 32.5 Å². The topological polar surface area (TPSA) is 66.5 Å². The first-order chi connectivity index (χ1) is 7.55. The molecule has 0 spiro atoms. The van der Waals surface area contributed by atoms with E-state index in [4.69, 9.17) is 5.26 Å². The summed E-state index contributed by atoms with van der Waals surface area (Å²) in [5, 5.41) is 19.9. The molecule has 5 nitrogen and oxygen atoms in total. The molecule has 16 heavy (non-hydrogen) atoms. The average Bonchev–Trinajstić information content (AvgIpc) is 2.64. The summed E-state index contributed by atoms with van der Waals surface area (Å²) in [5.74, 6) is 0.930. The van der Waals surface area contributed by atoms with Crippen molar-refractivity contribution in [1.82, 2.24) is 20.1 Å². The lowest BCUT2D eigenvalue weighted by molar-refractivity contribution is 0.424. The van der Waals surface area contributed by atoms with Crippen molar-refractivity contribution in [3.63, 3.8) is 0 Å². The van der Waals surface area contributed by atoms with Crippen molar-refractivity contribution < 1.29 is 0 Å². The molecule has 0 aliphatic heterocycles. The third-order valence-corrected chi connectivity index (χ3v) is 2.55. The molecule has 1 aromatic heterocycles. The molecule has 0 aromatic carbocycles. The monoisotopic (exact) mass is 221 g/mol. The quantitative estimate of drug-likeness (QED) is 0.734. The fourth-order valence-electron chi connectivity index (χ4n) is 1.38. The van der Waals surface area contributed by atoms with Gasteiger partial charge in [0.2, 0.25) is 0 Å². The minimum atomic E-state index is -0.216. The Morgan fingerprint density at radius 1 is 1.56 bits per heavy atom. The third-order valence-electron chi connectivity index (χ3n) is 2.55. The second-order valence-corrected chi connectivity index (χ2v) is 4.63. The second kappa shape index (κ2) is 5.61. The first-order valence-electron chi connectivity index (χ1n) is 5.50. The smallest absolute Gasteiger partial charge is 0.146 e. The Bertz CT molecular complexity index is 361. The van der Waals surface area contributed by atoms with Crippen LogP contribution < -0.4 is 5.32 Å². The molecule has 0 saturated carbocycles. The van der Waals surface area contributed by atoms with E-state index in [-0.39, 0.29) is 5.41 Å². The largest absolute Gasteiger partial charge is 0.320 e. The Kier molecular flexibility index (Phi) is 4.44. The van der Waals surface area contributed by atoms with E-state index in [9.17, 15) is 0 Å². The van der Waals surface area contributed by atoms with E-state index in [1.807, 2.05) is 25.5 Å². The summed E-state index contributed by atoms with van der Waals surface area (Å²) in [5.41, 5.74) is -0.216. The van der Waals surface area contributed by atoms with E-state index >= 15 is 0 Å². The van der Waals surface area contributed by atoms with Crippen LogP contribution >= 0.6 is 0 Å². The van der Waals surface area contributed by atoms with Crippen LogP contribution in [0.2, 0.25) is 0 Å². The summed E-state index contributed by atoms with van der Waals surface area (Å²) in [4.78, 5) is 0. The number of rotatable bonds is 6. The summed E-state index contributed by atoms with van der Waals surface area (Å²) >= 11 is 0. The van der Waals surface area contributed by atoms with E-state index in [1.165, 1.54) is 0 Å². The minimum Gasteiger partial charge on any atom is -0.320 e. The van der Waals surface area contributed by atoms with Crippen molar-refractivity contribution in [2.45, 2.75) is 33.2 Å². The molecule has 88 valence electrons. The SMILES string of the molecule is Cn1cnnc1CNCCCC(C)(C)C#N. The second-order valence-electron chi connectivity index (χ2n) is 4.63. The molecule has 0 amide bonds. The predicted octanol–water partition coefficient (Wildman–Crippen LogP) is 1.23. The average molecular weight is 221 g/mol. The maximum atomic E-state index is 8.85. The number of nitrogens with zero attached hydrogens (tertiary/aromatic N) is 4. The predicted molar refractivity (Wildman–Crippen MR) is 61.3 cm³/mol. The van der Waals surface area contributed by atoms with Gasteiger partial charge in [0.15, 0.2) is 0 Å². The number of aromatic nitrogens is 3. The van der Waals surface area contributed by atoms with Crippen LogP contribution in [0, 0.1) is 16.7 Å². The molecule has 0 aliphatic rings. The van der Waals surface area contributed by atoms with Crippen LogP contribution in [0.15, 0.2) is 6.33 Å². The fourth-order valence-corrected chi connectivity index (χ4v) is 1.38. The van der Waals surface area contributed by atoms with Crippen molar-refractivity contribution in [3.8, 4) is 6.07 Å². The molecule has 1 heterocycles. The van der Waals surface area contributed by atoms with Gasteiger partial charge < -0.3 is 9.88 Å². The van der Waals surface area contributed by atoms with Gasteiger partial charge >= 0.3 is 0 Å². The molecule has 0 aliphatic carbocycles. The summed E-state index contributed by atoms with van der Waals surface area (Å²) in [6.07, 6.45) is 3.60. The molecule has 0 bridgehead atoms. The van der Waals surface area contributed by atoms with Gasteiger partial charge in [0, 0.05) is 7.05 Å². The Labute approximate surface area is 96.5 Å². The molecule has 5 heteroatoms. The maximum Gasteiger partial charge on any atom is 0.146 e. The lowest BCUT2D eigenvalue weighted by atomic mass is 9.90. The molecule has 0 radical (unpaired) electrons. The molecule has 0 saturated heterocycles. The highest BCUT2D eigenvalue weighted by molar-refractivity contribution is 4.91. The first kappa shape index (κ1) is 12.7. The van der Waals surface area contributed by atoms with Gasteiger partial charge in [-0.25, -0.2) is 0 Å². The summed E-state index contributed by atoms with van der Waals surface area (Å²) in [7, 11) is 1.93. The van der Waals surface area contributed by atoms with Crippen LogP contribution in [0.25, 0.3) is 0 Å². The summed E-state index contributed by atoms with van der Waals surface area (Å²) in [6, 6.07) is 2.30. The van der Waals surface area contributed by atoms with Crippen molar-refractivity contribution in [2.24, 2.45) is 12.5 Å². The van der Waals surface area contributed by atoms with Crippen LogP contribution in [-0.2, 0) is 13.6 Å². The standard InChI is InChI=1S/C11H19N5/c1-11(2,8-12)5-4-6-13-7-10-15-14-9-16(10)3/h9,13H,4-7H2,1-3H3.